The van der Waals surface area contributed by atoms with Crippen molar-refractivity contribution in [2.45, 2.75) is 56.8 Å². The highest BCUT2D eigenvalue weighted by molar-refractivity contribution is 5.70. The van der Waals surface area contributed by atoms with E-state index < -0.39 is 0 Å². The summed E-state index contributed by atoms with van der Waals surface area (Å²) in [6.45, 7) is 2.64. The molecule has 1 N–H and O–H groups in total. The number of ether oxygens (including phenoxy) is 1. The number of aliphatic hydroxyl groups excluding tert-OH is 1. The summed E-state index contributed by atoms with van der Waals surface area (Å²) < 4.78 is 5.79. The maximum Gasteiger partial charge on any atom is 0.410 e. The van der Waals surface area contributed by atoms with Crippen LogP contribution in [0.5, 0.6) is 0 Å². The van der Waals surface area contributed by atoms with Gasteiger partial charge in [-0.15, -0.1) is 0 Å². The van der Waals surface area contributed by atoms with Crippen LogP contribution in [0.1, 0.15) is 56.2 Å². The second-order valence-electron chi connectivity index (χ2n) is 6.64. The molecule has 2 aliphatic rings. The largest absolute Gasteiger partial charge is 0.443 e. The summed E-state index contributed by atoms with van der Waals surface area (Å²) >= 11 is 0. The van der Waals surface area contributed by atoms with Gasteiger partial charge in [-0.2, -0.15) is 5.26 Å². The number of carbonyl (C=O) groups is 1. The lowest BCUT2D eigenvalue weighted by Crippen LogP contribution is -2.52. The van der Waals surface area contributed by atoms with E-state index >= 15 is 0 Å². The lowest BCUT2D eigenvalue weighted by molar-refractivity contribution is -0.0908. The minimum Gasteiger partial charge on any atom is -0.443 e. The van der Waals surface area contributed by atoms with Gasteiger partial charge < -0.3 is 14.7 Å². The second kappa shape index (κ2) is 6.21. The fourth-order valence-corrected chi connectivity index (χ4v) is 3.56. The Hall–Kier alpha value is -2.06. The highest BCUT2D eigenvalue weighted by Gasteiger charge is 2.44. The van der Waals surface area contributed by atoms with Gasteiger partial charge in [0.25, 0.3) is 0 Å². The number of hydrogen-bond donors (Lipinski definition) is 1. The van der Waals surface area contributed by atoms with E-state index in [4.69, 9.17) is 10.00 Å². The molecule has 1 atom stereocenters. The first-order valence-corrected chi connectivity index (χ1v) is 8.21. The van der Waals surface area contributed by atoms with E-state index in [2.05, 4.69) is 6.07 Å². The molecular formula is C18H22N2O3. The highest BCUT2D eigenvalue weighted by atomic mass is 16.6. The molecule has 1 aliphatic carbocycles. The predicted octanol–water partition coefficient (Wildman–Crippen LogP) is 3.14. The molecule has 23 heavy (non-hydrogen) atoms. The first kappa shape index (κ1) is 15.8. The summed E-state index contributed by atoms with van der Waals surface area (Å²) in [6.07, 6.45) is 3.19. The molecule has 0 radical (unpaired) electrons. The molecule has 0 aromatic heterocycles. The van der Waals surface area contributed by atoms with Crippen molar-refractivity contribution in [1.29, 1.82) is 5.26 Å². The molecule has 0 bridgehead atoms. The van der Waals surface area contributed by atoms with Crippen molar-refractivity contribution in [3.63, 3.8) is 0 Å². The number of hydrogen-bond acceptors (Lipinski definition) is 4. The quantitative estimate of drug-likeness (QED) is 0.910. The minimum absolute atomic E-state index is 0.0817. The van der Waals surface area contributed by atoms with Crippen LogP contribution in [0.3, 0.4) is 0 Å². The zero-order valence-electron chi connectivity index (χ0n) is 13.4. The Morgan fingerprint density at radius 2 is 1.96 bits per heavy atom. The third-order valence-corrected chi connectivity index (χ3v) is 5.20. The SMILES string of the molecule is C[C@@H](c1ccc(C#N)cc1)N1CCC2(CCC(O)CC2)OC1=O. The molecule has 5 nitrogen and oxygen atoms in total. The fraction of sp³-hybridized carbons (Fsp3) is 0.556. The second-order valence-corrected chi connectivity index (χ2v) is 6.64. The van der Waals surface area contributed by atoms with Gasteiger partial charge >= 0.3 is 6.09 Å². The van der Waals surface area contributed by atoms with Gasteiger partial charge in [0.1, 0.15) is 5.60 Å². The Balaban J connectivity index is 1.68. The van der Waals surface area contributed by atoms with Crippen LogP contribution in [0, 0.1) is 11.3 Å². The Bertz CT molecular complexity index is 612. The Kier molecular flexibility index (Phi) is 4.27. The van der Waals surface area contributed by atoms with Crippen molar-refractivity contribution in [1.82, 2.24) is 4.90 Å². The molecule has 5 heteroatoms. The molecule has 1 spiro atoms. The van der Waals surface area contributed by atoms with Gasteiger partial charge in [-0.1, -0.05) is 12.1 Å². The number of nitrogens with zero attached hydrogens (tertiary/aromatic N) is 2. The number of nitriles is 1. The number of rotatable bonds is 2. The van der Waals surface area contributed by atoms with Gasteiger partial charge in [0, 0.05) is 13.0 Å². The summed E-state index contributed by atoms with van der Waals surface area (Å²) in [5, 5.41) is 18.5. The van der Waals surface area contributed by atoms with E-state index in [-0.39, 0.29) is 23.8 Å². The molecule has 1 saturated carbocycles. The summed E-state index contributed by atoms with van der Waals surface area (Å²) in [4.78, 5) is 14.2. The number of carbonyl (C=O) groups excluding carboxylic acids is 1. The molecule has 1 amide bonds. The maximum absolute atomic E-state index is 12.5. The number of amides is 1. The van der Waals surface area contributed by atoms with E-state index in [1.54, 1.807) is 17.0 Å². The number of aliphatic hydroxyl groups is 1. The predicted molar refractivity (Wildman–Crippen MR) is 84.6 cm³/mol. The van der Waals surface area contributed by atoms with Crippen molar-refractivity contribution in [2.75, 3.05) is 6.54 Å². The fourth-order valence-electron chi connectivity index (χ4n) is 3.56. The lowest BCUT2D eigenvalue weighted by Gasteiger charge is -2.45. The Labute approximate surface area is 136 Å². The van der Waals surface area contributed by atoms with Crippen LogP contribution in [0.15, 0.2) is 24.3 Å². The van der Waals surface area contributed by atoms with Crippen molar-refractivity contribution < 1.29 is 14.6 Å². The average molecular weight is 314 g/mol. The molecule has 3 rings (SSSR count). The zero-order valence-corrected chi connectivity index (χ0v) is 13.4. The molecule has 1 heterocycles. The van der Waals surface area contributed by atoms with E-state index in [0.717, 1.165) is 24.8 Å². The van der Waals surface area contributed by atoms with Gasteiger partial charge in [-0.3, -0.25) is 0 Å². The normalized spacial score (nSPS) is 29.0. The molecular weight excluding hydrogens is 292 g/mol. The average Bonchev–Trinajstić information content (AvgIpc) is 2.57. The standard InChI is InChI=1S/C18H22N2O3/c1-13(15-4-2-14(12-19)3-5-15)20-11-10-18(23-17(20)22)8-6-16(21)7-9-18/h2-5,13,16,21H,6-11H2,1H3/t13-,16?,18?/m0/s1. The summed E-state index contributed by atoms with van der Waals surface area (Å²) in [7, 11) is 0. The van der Waals surface area contributed by atoms with E-state index in [1.165, 1.54) is 0 Å². The van der Waals surface area contributed by atoms with Gasteiger partial charge in [-0.05, 0) is 50.3 Å². The molecule has 1 aromatic rings. The molecule has 1 aliphatic heterocycles. The molecule has 1 saturated heterocycles. The van der Waals surface area contributed by atoms with Crippen LogP contribution in [0.25, 0.3) is 0 Å². The Morgan fingerprint density at radius 3 is 2.52 bits per heavy atom. The van der Waals surface area contributed by atoms with Gasteiger partial charge in [0.15, 0.2) is 0 Å². The third-order valence-electron chi connectivity index (χ3n) is 5.20. The third kappa shape index (κ3) is 3.18. The first-order chi connectivity index (χ1) is 11.0. The van der Waals surface area contributed by atoms with Crippen molar-refractivity contribution in [3.8, 4) is 6.07 Å². The van der Waals surface area contributed by atoms with E-state index in [9.17, 15) is 9.90 Å². The van der Waals surface area contributed by atoms with Gasteiger partial charge in [0.05, 0.1) is 23.8 Å². The van der Waals surface area contributed by atoms with Crippen LogP contribution >= 0.6 is 0 Å². The van der Waals surface area contributed by atoms with E-state index in [0.29, 0.717) is 24.9 Å². The van der Waals surface area contributed by atoms with Crippen LogP contribution in [0.2, 0.25) is 0 Å². The van der Waals surface area contributed by atoms with Crippen molar-refractivity contribution in [3.05, 3.63) is 35.4 Å². The summed E-state index contributed by atoms with van der Waals surface area (Å²) in [5.74, 6) is 0. The monoisotopic (exact) mass is 314 g/mol. The minimum atomic E-state index is -0.378. The van der Waals surface area contributed by atoms with Gasteiger partial charge in [0.2, 0.25) is 0 Å². The first-order valence-electron chi connectivity index (χ1n) is 8.21. The smallest absolute Gasteiger partial charge is 0.410 e. The zero-order chi connectivity index (χ0) is 16.4. The van der Waals surface area contributed by atoms with Crippen molar-refractivity contribution >= 4 is 6.09 Å². The van der Waals surface area contributed by atoms with Crippen LogP contribution in [-0.2, 0) is 4.74 Å². The maximum atomic E-state index is 12.5. The molecule has 1 aromatic carbocycles. The lowest BCUT2D eigenvalue weighted by atomic mass is 9.80. The summed E-state index contributed by atoms with van der Waals surface area (Å²) in [5.41, 5.74) is 1.23. The number of benzene rings is 1. The van der Waals surface area contributed by atoms with Crippen LogP contribution in [0.4, 0.5) is 4.79 Å². The van der Waals surface area contributed by atoms with E-state index in [1.807, 2.05) is 19.1 Å². The molecule has 2 fully saturated rings. The molecule has 0 unspecified atom stereocenters. The van der Waals surface area contributed by atoms with Crippen LogP contribution < -0.4 is 0 Å². The van der Waals surface area contributed by atoms with Gasteiger partial charge in [-0.25, -0.2) is 4.79 Å². The highest BCUT2D eigenvalue weighted by Crippen LogP contribution is 2.39. The Morgan fingerprint density at radius 1 is 1.30 bits per heavy atom. The van der Waals surface area contributed by atoms with Crippen molar-refractivity contribution in [2.24, 2.45) is 0 Å². The summed E-state index contributed by atoms with van der Waals surface area (Å²) in [6, 6.07) is 9.33. The molecule has 122 valence electrons. The topological polar surface area (TPSA) is 73.6 Å². The van der Waals surface area contributed by atoms with Crippen LogP contribution in [-0.4, -0.2) is 34.3 Å².